The lowest BCUT2D eigenvalue weighted by atomic mass is 10.1. The van der Waals surface area contributed by atoms with E-state index in [2.05, 4.69) is 9.88 Å². The molecule has 160 valence electrons. The highest BCUT2D eigenvalue weighted by molar-refractivity contribution is 6.00. The van der Waals surface area contributed by atoms with Crippen LogP contribution in [-0.4, -0.2) is 47.1 Å². The zero-order chi connectivity index (χ0) is 21.9. The number of carbonyl (C=O) groups excluding carboxylic acids is 1. The molecule has 4 aromatic rings. The third-order valence-electron chi connectivity index (χ3n) is 5.73. The highest BCUT2D eigenvalue weighted by atomic mass is 16.4. The largest absolute Gasteiger partial charge is 0.508 e. The van der Waals surface area contributed by atoms with E-state index < -0.39 is 0 Å². The van der Waals surface area contributed by atoms with Gasteiger partial charge in [-0.15, -0.1) is 0 Å². The van der Waals surface area contributed by atoms with Gasteiger partial charge in [-0.3, -0.25) is 4.79 Å². The fourth-order valence-electron chi connectivity index (χ4n) is 3.99. The number of piperazine rings is 1. The molecule has 0 atom stereocenters. The molecule has 32 heavy (non-hydrogen) atoms. The molecule has 1 aliphatic heterocycles. The van der Waals surface area contributed by atoms with E-state index in [-0.39, 0.29) is 11.7 Å². The second kappa shape index (κ2) is 8.59. The summed E-state index contributed by atoms with van der Waals surface area (Å²) in [5.41, 5.74) is 3.27. The van der Waals surface area contributed by atoms with Crippen LogP contribution in [0.25, 0.3) is 22.8 Å². The number of benzene rings is 3. The number of aromatic nitrogens is 1. The normalized spacial score (nSPS) is 13.9. The minimum Gasteiger partial charge on any atom is -0.508 e. The van der Waals surface area contributed by atoms with Gasteiger partial charge in [0, 0.05) is 43.0 Å². The Balaban J connectivity index is 1.34. The second-order valence-corrected chi connectivity index (χ2v) is 7.74. The standard InChI is InChI=1S/C26H23N3O3/c30-21-12-10-20(11-13-21)28-14-16-29(17-15-28)26(31)23-9-5-4-8-22(23)25-27-18-24(32-25)19-6-2-1-3-7-19/h1-13,18,30H,14-17H2. The molecule has 2 heterocycles. The molecule has 5 rings (SSSR count). The molecule has 1 amide bonds. The highest BCUT2D eigenvalue weighted by Crippen LogP contribution is 2.29. The fraction of sp³-hybridized carbons (Fsp3) is 0.154. The number of hydrogen-bond acceptors (Lipinski definition) is 5. The summed E-state index contributed by atoms with van der Waals surface area (Å²) in [6.45, 7) is 2.70. The number of nitrogens with zero attached hydrogens (tertiary/aromatic N) is 3. The monoisotopic (exact) mass is 425 g/mol. The third-order valence-corrected chi connectivity index (χ3v) is 5.73. The lowest BCUT2D eigenvalue weighted by molar-refractivity contribution is 0.0747. The molecule has 1 fully saturated rings. The number of aromatic hydroxyl groups is 1. The number of amides is 1. The first kappa shape index (κ1) is 19.9. The fourth-order valence-corrected chi connectivity index (χ4v) is 3.99. The van der Waals surface area contributed by atoms with Crippen LogP contribution in [0.3, 0.4) is 0 Å². The highest BCUT2D eigenvalue weighted by Gasteiger charge is 2.25. The van der Waals surface area contributed by atoms with Crippen LogP contribution in [-0.2, 0) is 0 Å². The average Bonchev–Trinajstić information content (AvgIpc) is 3.35. The predicted octanol–water partition coefficient (Wildman–Crippen LogP) is 4.68. The topological polar surface area (TPSA) is 69.8 Å². The third kappa shape index (κ3) is 3.95. The van der Waals surface area contributed by atoms with Gasteiger partial charge in [0.25, 0.3) is 5.91 Å². The maximum absolute atomic E-state index is 13.4. The van der Waals surface area contributed by atoms with Gasteiger partial charge in [0.05, 0.1) is 11.8 Å². The van der Waals surface area contributed by atoms with Crippen LogP contribution in [0.5, 0.6) is 5.75 Å². The lowest BCUT2D eigenvalue weighted by Gasteiger charge is -2.36. The van der Waals surface area contributed by atoms with Crippen LogP contribution >= 0.6 is 0 Å². The molecule has 1 saturated heterocycles. The Bertz CT molecular complexity index is 1210. The molecule has 6 heteroatoms. The Kier molecular flexibility index (Phi) is 5.34. The SMILES string of the molecule is O=C(c1ccccc1-c1ncc(-c2ccccc2)o1)N1CCN(c2ccc(O)cc2)CC1. The Morgan fingerprint density at radius 2 is 1.53 bits per heavy atom. The summed E-state index contributed by atoms with van der Waals surface area (Å²) < 4.78 is 6.01. The molecule has 0 radical (unpaired) electrons. The number of oxazole rings is 1. The Labute approximate surface area is 186 Å². The van der Waals surface area contributed by atoms with Gasteiger partial charge in [0.15, 0.2) is 5.76 Å². The van der Waals surface area contributed by atoms with Crippen LogP contribution in [0, 0.1) is 0 Å². The van der Waals surface area contributed by atoms with Crippen molar-refractivity contribution in [3.05, 3.63) is 90.6 Å². The average molecular weight is 425 g/mol. The van der Waals surface area contributed by atoms with Crippen molar-refractivity contribution in [2.75, 3.05) is 31.1 Å². The zero-order valence-electron chi connectivity index (χ0n) is 17.5. The summed E-state index contributed by atoms with van der Waals surface area (Å²) in [5.74, 6) is 1.34. The van der Waals surface area contributed by atoms with Crippen molar-refractivity contribution in [2.24, 2.45) is 0 Å². The van der Waals surface area contributed by atoms with Gasteiger partial charge < -0.3 is 19.3 Å². The quantitative estimate of drug-likeness (QED) is 0.514. The molecule has 0 aliphatic carbocycles. The molecule has 0 bridgehead atoms. The first-order valence-electron chi connectivity index (χ1n) is 10.6. The van der Waals surface area contributed by atoms with Crippen molar-refractivity contribution >= 4 is 11.6 Å². The van der Waals surface area contributed by atoms with E-state index in [9.17, 15) is 9.90 Å². The Hall–Kier alpha value is -4.06. The molecule has 1 aromatic heterocycles. The van der Waals surface area contributed by atoms with Gasteiger partial charge >= 0.3 is 0 Å². The molecular weight excluding hydrogens is 402 g/mol. The number of carbonyl (C=O) groups is 1. The first-order valence-corrected chi connectivity index (χ1v) is 10.6. The minimum atomic E-state index is -0.0228. The zero-order valence-corrected chi connectivity index (χ0v) is 17.5. The maximum atomic E-state index is 13.4. The molecule has 3 aromatic carbocycles. The summed E-state index contributed by atoms with van der Waals surface area (Å²) in [6, 6.07) is 24.4. The van der Waals surface area contributed by atoms with Crippen molar-refractivity contribution in [2.45, 2.75) is 0 Å². The second-order valence-electron chi connectivity index (χ2n) is 7.74. The summed E-state index contributed by atoms with van der Waals surface area (Å²) >= 11 is 0. The lowest BCUT2D eigenvalue weighted by Crippen LogP contribution is -2.48. The van der Waals surface area contributed by atoms with Crippen LogP contribution in [0.1, 0.15) is 10.4 Å². The molecule has 6 nitrogen and oxygen atoms in total. The van der Waals surface area contributed by atoms with Crippen LogP contribution in [0.2, 0.25) is 0 Å². The van der Waals surface area contributed by atoms with Gasteiger partial charge in [-0.05, 0) is 36.4 Å². The summed E-state index contributed by atoms with van der Waals surface area (Å²) in [6.07, 6.45) is 1.70. The van der Waals surface area contributed by atoms with E-state index in [0.29, 0.717) is 35.9 Å². The van der Waals surface area contributed by atoms with Crippen LogP contribution in [0.4, 0.5) is 5.69 Å². The van der Waals surface area contributed by atoms with Gasteiger partial charge in [0.1, 0.15) is 5.75 Å². The number of phenolic OH excluding ortho intramolecular Hbond substituents is 1. The number of rotatable bonds is 4. The maximum Gasteiger partial charge on any atom is 0.254 e. The molecule has 1 N–H and O–H groups in total. The van der Waals surface area contributed by atoms with E-state index in [1.54, 1.807) is 18.3 Å². The Morgan fingerprint density at radius 3 is 2.28 bits per heavy atom. The van der Waals surface area contributed by atoms with Crippen LogP contribution < -0.4 is 4.90 Å². The van der Waals surface area contributed by atoms with E-state index in [4.69, 9.17) is 4.42 Å². The minimum absolute atomic E-state index is 0.0228. The summed E-state index contributed by atoms with van der Waals surface area (Å²) in [7, 11) is 0. The van der Waals surface area contributed by atoms with E-state index in [1.807, 2.05) is 71.6 Å². The van der Waals surface area contributed by atoms with Crippen molar-refractivity contribution in [1.29, 1.82) is 0 Å². The van der Waals surface area contributed by atoms with Gasteiger partial charge in [0.2, 0.25) is 5.89 Å². The van der Waals surface area contributed by atoms with Crippen molar-refractivity contribution < 1.29 is 14.3 Å². The van der Waals surface area contributed by atoms with Gasteiger partial charge in [-0.25, -0.2) is 4.98 Å². The molecular formula is C26H23N3O3. The molecule has 0 unspecified atom stereocenters. The van der Waals surface area contributed by atoms with Crippen molar-refractivity contribution in [3.63, 3.8) is 0 Å². The molecule has 0 spiro atoms. The Morgan fingerprint density at radius 1 is 0.844 bits per heavy atom. The summed E-state index contributed by atoms with van der Waals surface area (Å²) in [5, 5.41) is 9.50. The number of phenols is 1. The number of anilines is 1. The number of hydrogen-bond donors (Lipinski definition) is 1. The van der Waals surface area contributed by atoms with Gasteiger partial charge in [-0.2, -0.15) is 0 Å². The van der Waals surface area contributed by atoms with Crippen LogP contribution in [0.15, 0.2) is 89.5 Å². The van der Waals surface area contributed by atoms with E-state index in [1.165, 1.54) is 0 Å². The van der Waals surface area contributed by atoms with Crippen molar-refractivity contribution in [3.8, 4) is 28.5 Å². The summed E-state index contributed by atoms with van der Waals surface area (Å²) in [4.78, 5) is 21.9. The van der Waals surface area contributed by atoms with E-state index >= 15 is 0 Å². The predicted molar refractivity (Wildman–Crippen MR) is 124 cm³/mol. The van der Waals surface area contributed by atoms with Crippen molar-refractivity contribution in [1.82, 2.24) is 9.88 Å². The molecule has 1 aliphatic rings. The molecule has 0 saturated carbocycles. The smallest absolute Gasteiger partial charge is 0.254 e. The van der Waals surface area contributed by atoms with Gasteiger partial charge in [-0.1, -0.05) is 42.5 Å². The first-order chi connectivity index (χ1) is 15.7. The van der Waals surface area contributed by atoms with E-state index in [0.717, 1.165) is 24.3 Å².